The molecule has 0 bridgehead atoms. The summed E-state index contributed by atoms with van der Waals surface area (Å²) in [5, 5.41) is 7.41. The molecule has 0 saturated heterocycles. The van der Waals surface area contributed by atoms with E-state index >= 15 is 0 Å². The van der Waals surface area contributed by atoms with Crippen molar-refractivity contribution in [2.75, 3.05) is 13.6 Å². The van der Waals surface area contributed by atoms with Crippen molar-refractivity contribution >= 4 is 17.6 Å². The predicted octanol–water partition coefficient (Wildman–Crippen LogP) is 3.38. The molecule has 0 saturated carbocycles. The van der Waals surface area contributed by atoms with Crippen molar-refractivity contribution in [3.8, 4) is 0 Å². The third-order valence-electron chi connectivity index (χ3n) is 3.69. The zero-order chi connectivity index (χ0) is 16.7. The highest BCUT2D eigenvalue weighted by molar-refractivity contribution is 6.31. The van der Waals surface area contributed by atoms with Crippen LogP contribution in [0.5, 0.6) is 0 Å². The molecule has 0 spiro atoms. The van der Waals surface area contributed by atoms with Crippen LogP contribution < -0.4 is 10.6 Å². The summed E-state index contributed by atoms with van der Waals surface area (Å²) in [5.74, 6) is 0.746. The SMILES string of the molecule is CN=C(NCc1ccccn1)NCC(C)(C)c1ccccc1Cl. The Morgan fingerprint density at radius 3 is 2.52 bits per heavy atom. The molecule has 2 aromatic rings. The minimum Gasteiger partial charge on any atom is -0.356 e. The first-order valence-corrected chi connectivity index (χ1v) is 8.00. The van der Waals surface area contributed by atoms with E-state index in [1.54, 1.807) is 13.2 Å². The summed E-state index contributed by atoms with van der Waals surface area (Å²) in [6, 6.07) is 13.8. The fraction of sp³-hybridized carbons (Fsp3) is 0.333. The van der Waals surface area contributed by atoms with Crippen LogP contribution in [0.4, 0.5) is 0 Å². The Morgan fingerprint density at radius 1 is 1.13 bits per heavy atom. The van der Waals surface area contributed by atoms with Gasteiger partial charge in [-0.1, -0.05) is 49.7 Å². The number of halogens is 1. The quantitative estimate of drug-likeness (QED) is 0.652. The maximum absolute atomic E-state index is 6.32. The molecule has 0 aliphatic rings. The number of pyridine rings is 1. The summed E-state index contributed by atoms with van der Waals surface area (Å²) >= 11 is 6.32. The van der Waals surface area contributed by atoms with Gasteiger partial charge in [-0.15, -0.1) is 0 Å². The highest BCUT2D eigenvalue weighted by Crippen LogP contribution is 2.28. The molecular formula is C18H23ClN4. The standard InChI is InChI=1S/C18H23ClN4/c1-18(2,15-9-4-5-10-16(15)19)13-23-17(20-3)22-12-14-8-6-7-11-21-14/h4-11H,12-13H2,1-3H3,(H2,20,22,23). The molecule has 0 radical (unpaired) electrons. The van der Waals surface area contributed by atoms with Crippen LogP contribution in [0.15, 0.2) is 53.7 Å². The average Bonchev–Trinajstić information content (AvgIpc) is 2.56. The number of rotatable bonds is 5. The van der Waals surface area contributed by atoms with Gasteiger partial charge in [0.15, 0.2) is 5.96 Å². The van der Waals surface area contributed by atoms with E-state index < -0.39 is 0 Å². The second-order valence-electron chi connectivity index (χ2n) is 5.96. The van der Waals surface area contributed by atoms with Crippen molar-refractivity contribution < 1.29 is 0 Å². The normalized spacial score (nSPS) is 12.1. The molecular weight excluding hydrogens is 308 g/mol. The fourth-order valence-electron chi connectivity index (χ4n) is 2.31. The Labute approximate surface area is 143 Å². The van der Waals surface area contributed by atoms with Gasteiger partial charge in [-0.25, -0.2) is 0 Å². The first-order chi connectivity index (χ1) is 11.0. The van der Waals surface area contributed by atoms with Crippen LogP contribution in [0.3, 0.4) is 0 Å². The zero-order valence-corrected chi connectivity index (χ0v) is 14.6. The number of guanidine groups is 1. The smallest absolute Gasteiger partial charge is 0.191 e. The molecule has 2 rings (SSSR count). The van der Waals surface area contributed by atoms with E-state index in [4.69, 9.17) is 11.6 Å². The lowest BCUT2D eigenvalue weighted by Crippen LogP contribution is -2.43. The van der Waals surface area contributed by atoms with E-state index in [0.29, 0.717) is 6.54 Å². The largest absolute Gasteiger partial charge is 0.356 e. The molecule has 0 fully saturated rings. The maximum atomic E-state index is 6.32. The van der Waals surface area contributed by atoms with Crippen LogP contribution in [-0.4, -0.2) is 24.5 Å². The van der Waals surface area contributed by atoms with Crippen molar-refractivity contribution in [1.29, 1.82) is 0 Å². The van der Waals surface area contributed by atoms with Gasteiger partial charge < -0.3 is 10.6 Å². The number of hydrogen-bond acceptors (Lipinski definition) is 2. The summed E-state index contributed by atoms with van der Waals surface area (Å²) in [7, 11) is 1.76. The van der Waals surface area contributed by atoms with Gasteiger partial charge in [-0.05, 0) is 23.8 Å². The molecule has 0 amide bonds. The average molecular weight is 331 g/mol. The molecule has 2 N–H and O–H groups in total. The van der Waals surface area contributed by atoms with Gasteiger partial charge in [0, 0.05) is 30.2 Å². The van der Waals surface area contributed by atoms with Crippen molar-refractivity contribution in [3.63, 3.8) is 0 Å². The van der Waals surface area contributed by atoms with Crippen LogP contribution in [0.2, 0.25) is 5.02 Å². The number of aliphatic imine (C=N–C) groups is 1. The number of nitrogens with one attached hydrogen (secondary N) is 2. The van der Waals surface area contributed by atoms with Gasteiger partial charge in [-0.2, -0.15) is 0 Å². The molecule has 1 aromatic carbocycles. The van der Waals surface area contributed by atoms with Crippen molar-refractivity contribution in [1.82, 2.24) is 15.6 Å². The summed E-state index contributed by atoms with van der Waals surface area (Å²) in [6.45, 7) is 5.67. The number of nitrogens with zero attached hydrogens (tertiary/aromatic N) is 2. The third kappa shape index (κ3) is 4.96. The summed E-state index contributed by atoms with van der Waals surface area (Å²) in [4.78, 5) is 8.55. The van der Waals surface area contributed by atoms with E-state index in [0.717, 1.165) is 28.8 Å². The Bertz CT molecular complexity index is 653. The molecule has 0 aliphatic carbocycles. The van der Waals surface area contributed by atoms with Crippen LogP contribution in [0.1, 0.15) is 25.1 Å². The van der Waals surface area contributed by atoms with E-state index in [1.807, 2.05) is 36.4 Å². The highest BCUT2D eigenvalue weighted by atomic mass is 35.5. The fourth-order valence-corrected chi connectivity index (χ4v) is 2.70. The van der Waals surface area contributed by atoms with E-state index in [-0.39, 0.29) is 5.41 Å². The van der Waals surface area contributed by atoms with Crippen molar-refractivity contribution in [3.05, 3.63) is 64.9 Å². The molecule has 0 atom stereocenters. The van der Waals surface area contributed by atoms with Gasteiger partial charge in [0.2, 0.25) is 0 Å². The van der Waals surface area contributed by atoms with Gasteiger partial charge >= 0.3 is 0 Å². The highest BCUT2D eigenvalue weighted by Gasteiger charge is 2.23. The minimum atomic E-state index is -0.110. The molecule has 1 aromatic heterocycles. The molecule has 1 heterocycles. The number of aromatic nitrogens is 1. The second-order valence-corrected chi connectivity index (χ2v) is 6.37. The van der Waals surface area contributed by atoms with Gasteiger partial charge in [0.1, 0.15) is 0 Å². The Hall–Kier alpha value is -2.07. The topological polar surface area (TPSA) is 49.3 Å². The van der Waals surface area contributed by atoms with Crippen LogP contribution >= 0.6 is 11.6 Å². The first-order valence-electron chi connectivity index (χ1n) is 7.62. The maximum Gasteiger partial charge on any atom is 0.191 e. The Morgan fingerprint density at radius 2 is 1.87 bits per heavy atom. The second kappa shape index (κ2) is 7.97. The van der Waals surface area contributed by atoms with Crippen molar-refractivity contribution in [2.24, 2.45) is 4.99 Å². The van der Waals surface area contributed by atoms with E-state index in [1.165, 1.54) is 0 Å². The first kappa shape index (κ1) is 17.3. The van der Waals surface area contributed by atoms with Gasteiger partial charge in [-0.3, -0.25) is 9.98 Å². The molecule has 5 heteroatoms. The van der Waals surface area contributed by atoms with Crippen LogP contribution in [0, 0.1) is 0 Å². The van der Waals surface area contributed by atoms with Crippen LogP contribution in [0.25, 0.3) is 0 Å². The van der Waals surface area contributed by atoms with Crippen LogP contribution in [-0.2, 0) is 12.0 Å². The van der Waals surface area contributed by atoms with Crippen molar-refractivity contribution in [2.45, 2.75) is 25.8 Å². The number of benzene rings is 1. The molecule has 23 heavy (non-hydrogen) atoms. The minimum absolute atomic E-state index is 0.110. The Kier molecular flexibility index (Phi) is 5.99. The summed E-state index contributed by atoms with van der Waals surface area (Å²) in [6.07, 6.45) is 1.79. The Balaban J connectivity index is 1.93. The molecule has 4 nitrogen and oxygen atoms in total. The number of hydrogen-bond donors (Lipinski definition) is 2. The van der Waals surface area contributed by atoms with Gasteiger partial charge in [0.25, 0.3) is 0 Å². The molecule has 0 unspecified atom stereocenters. The summed E-state index contributed by atoms with van der Waals surface area (Å²) in [5.41, 5.74) is 1.98. The van der Waals surface area contributed by atoms with E-state index in [2.05, 4.69) is 40.5 Å². The molecule has 122 valence electrons. The predicted molar refractivity (Wildman–Crippen MR) is 96.9 cm³/mol. The lowest BCUT2D eigenvalue weighted by atomic mass is 9.84. The third-order valence-corrected chi connectivity index (χ3v) is 4.02. The molecule has 0 aliphatic heterocycles. The van der Waals surface area contributed by atoms with E-state index in [9.17, 15) is 0 Å². The summed E-state index contributed by atoms with van der Waals surface area (Å²) < 4.78 is 0. The lowest BCUT2D eigenvalue weighted by molar-refractivity contribution is 0.508. The zero-order valence-electron chi connectivity index (χ0n) is 13.8. The lowest BCUT2D eigenvalue weighted by Gasteiger charge is -2.27. The van der Waals surface area contributed by atoms with Gasteiger partial charge in [0.05, 0.1) is 12.2 Å². The monoisotopic (exact) mass is 330 g/mol.